The molecule has 1 aliphatic rings. The second-order valence-electron chi connectivity index (χ2n) is 6.66. The molecule has 0 radical (unpaired) electrons. The molecular formula is C21H22FN3O3. The molecule has 146 valence electrons. The lowest BCUT2D eigenvalue weighted by Crippen LogP contribution is -2.24. The maximum atomic E-state index is 14.1. The first kappa shape index (κ1) is 18.3. The van der Waals surface area contributed by atoms with E-state index in [1.807, 2.05) is 18.2 Å². The smallest absolute Gasteiger partial charge is 0.167 e. The van der Waals surface area contributed by atoms with Crippen molar-refractivity contribution in [3.63, 3.8) is 0 Å². The monoisotopic (exact) mass is 383 g/mol. The van der Waals surface area contributed by atoms with Gasteiger partial charge in [-0.2, -0.15) is 0 Å². The molecule has 1 atom stereocenters. The zero-order valence-corrected chi connectivity index (χ0v) is 16.1. The van der Waals surface area contributed by atoms with Gasteiger partial charge < -0.3 is 19.1 Å². The van der Waals surface area contributed by atoms with Crippen LogP contribution in [0.1, 0.15) is 24.4 Å². The highest BCUT2D eigenvalue weighted by molar-refractivity contribution is 5.91. The predicted molar refractivity (Wildman–Crippen MR) is 105 cm³/mol. The van der Waals surface area contributed by atoms with Crippen LogP contribution in [-0.4, -0.2) is 37.8 Å². The van der Waals surface area contributed by atoms with E-state index in [0.717, 1.165) is 47.7 Å². The first-order chi connectivity index (χ1) is 13.7. The molecule has 1 unspecified atom stereocenters. The summed E-state index contributed by atoms with van der Waals surface area (Å²) in [6.07, 6.45) is 3.43. The van der Waals surface area contributed by atoms with Gasteiger partial charge in [-0.25, -0.2) is 14.4 Å². The van der Waals surface area contributed by atoms with E-state index in [0.29, 0.717) is 5.52 Å². The van der Waals surface area contributed by atoms with E-state index in [-0.39, 0.29) is 11.8 Å². The average molecular weight is 383 g/mol. The van der Waals surface area contributed by atoms with Crippen molar-refractivity contribution in [3.8, 4) is 17.2 Å². The largest absolute Gasteiger partial charge is 0.497 e. The Bertz CT molecular complexity index is 1010. The number of halogens is 1. The molecule has 3 aromatic rings. The van der Waals surface area contributed by atoms with E-state index in [4.69, 9.17) is 14.2 Å². The molecule has 1 aliphatic heterocycles. The van der Waals surface area contributed by atoms with Gasteiger partial charge in [-0.15, -0.1) is 0 Å². The maximum Gasteiger partial charge on any atom is 0.167 e. The number of anilines is 1. The fraction of sp³-hybridized carbons (Fsp3) is 0.333. The van der Waals surface area contributed by atoms with Gasteiger partial charge in [0.05, 0.1) is 32.9 Å². The fourth-order valence-corrected chi connectivity index (χ4v) is 3.87. The molecule has 0 amide bonds. The summed E-state index contributed by atoms with van der Waals surface area (Å²) >= 11 is 0. The molecule has 1 aromatic heterocycles. The van der Waals surface area contributed by atoms with Crippen molar-refractivity contribution in [2.45, 2.75) is 18.9 Å². The molecule has 4 rings (SSSR count). The van der Waals surface area contributed by atoms with Crippen LogP contribution in [0.5, 0.6) is 17.2 Å². The van der Waals surface area contributed by atoms with Crippen molar-refractivity contribution in [1.29, 1.82) is 0 Å². The number of hydrogen-bond acceptors (Lipinski definition) is 6. The van der Waals surface area contributed by atoms with Crippen LogP contribution in [0.4, 0.5) is 10.2 Å². The molecule has 0 spiro atoms. The molecule has 1 saturated heterocycles. The van der Waals surface area contributed by atoms with Gasteiger partial charge in [0, 0.05) is 23.6 Å². The third-order valence-electron chi connectivity index (χ3n) is 5.21. The molecular weight excluding hydrogens is 361 g/mol. The van der Waals surface area contributed by atoms with E-state index < -0.39 is 5.82 Å². The third kappa shape index (κ3) is 3.06. The van der Waals surface area contributed by atoms with Crippen LogP contribution in [0.3, 0.4) is 0 Å². The van der Waals surface area contributed by atoms with Gasteiger partial charge in [-0.3, -0.25) is 0 Å². The summed E-state index contributed by atoms with van der Waals surface area (Å²) in [6, 6.07) is 8.93. The van der Waals surface area contributed by atoms with Crippen molar-refractivity contribution in [2.75, 3.05) is 32.8 Å². The Morgan fingerprint density at radius 1 is 1.00 bits per heavy atom. The topological polar surface area (TPSA) is 56.7 Å². The van der Waals surface area contributed by atoms with Crippen LogP contribution in [0.2, 0.25) is 0 Å². The lowest BCUT2D eigenvalue weighted by molar-refractivity contribution is 0.387. The summed E-state index contributed by atoms with van der Waals surface area (Å²) in [7, 11) is 4.77. The van der Waals surface area contributed by atoms with E-state index in [9.17, 15) is 4.39 Å². The lowest BCUT2D eigenvalue weighted by atomic mass is 10.0. The van der Waals surface area contributed by atoms with Gasteiger partial charge in [0.15, 0.2) is 11.6 Å². The minimum Gasteiger partial charge on any atom is -0.497 e. The summed E-state index contributed by atoms with van der Waals surface area (Å²) < 4.78 is 30.3. The summed E-state index contributed by atoms with van der Waals surface area (Å²) in [5, 5.41) is 0.759. The predicted octanol–water partition coefficient (Wildman–Crippen LogP) is 4.14. The molecule has 28 heavy (non-hydrogen) atoms. The Kier molecular flexibility index (Phi) is 4.90. The molecule has 2 aromatic carbocycles. The number of methoxy groups -OCH3 is 3. The number of fused-ring (bicyclic) bond motifs is 1. The van der Waals surface area contributed by atoms with Gasteiger partial charge >= 0.3 is 0 Å². The first-order valence-electron chi connectivity index (χ1n) is 9.13. The number of nitrogens with zero attached hydrogens (tertiary/aromatic N) is 3. The van der Waals surface area contributed by atoms with Crippen molar-refractivity contribution >= 4 is 16.7 Å². The maximum absolute atomic E-state index is 14.1. The first-order valence-corrected chi connectivity index (χ1v) is 9.13. The minimum absolute atomic E-state index is 0.0687. The van der Waals surface area contributed by atoms with Crippen molar-refractivity contribution in [3.05, 3.63) is 48.0 Å². The Hall–Kier alpha value is -3.09. The quantitative estimate of drug-likeness (QED) is 0.660. The average Bonchev–Trinajstić information content (AvgIpc) is 3.21. The van der Waals surface area contributed by atoms with Gasteiger partial charge in [-0.05, 0) is 37.1 Å². The Labute approximate surface area is 162 Å². The van der Waals surface area contributed by atoms with E-state index >= 15 is 0 Å². The Morgan fingerprint density at radius 2 is 1.82 bits per heavy atom. The van der Waals surface area contributed by atoms with Crippen LogP contribution in [0.15, 0.2) is 36.7 Å². The summed E-state index contributed by atoms with van der Waals surface area (Å²) in [6.45, 7) is 0.830. The zero-order chi connectivity index (χ0) is 19.7. The number of ether oxygens (including phenoxy) is 3. The SMILES string of the molecule is COc1ccc(OC)c(C2CCCN2c2ncnc3cc(F)c(OC)cc23)c1. The number of rotatable bonds is 5. The Balaban J connectivity index is 1.83. The molecule has 7 heteroatoms. The lowest BCUT2D eigenvalue weighted by Gasteiger charge is -2.28. The molecule has 0 aliphatic carbocycles. The molecule has 0 saturated carbocycles. The molecule has 2 heterocycles. The molecule has 1 fully saturated rings. The normalized spacial score (nSPS) is 16.4. The molecule has 6 nitrogen and oxygen atoms in total. The molecule has 0 N–H and O–H groups in total. The van der Waals surface area contributed by atoms with Crippen LogP contribution >= 0.6 is 0 Å². The fourth-order valence-electron chi connectivity index (χ4n) is 3.87. The van der Waals surface area contributed by atoms with E-state index in [1.165, 1.54) is 19.5 Å². The standard InChI is InChI=1S/C21H22FN3O3/c1-26-13-6-7-19(27-2)15(9-13)18-5-4-8-25(18)21-14-10-20(28-3)16(22)11-17(14)23-12-24-21/h6-7,9-12,18H,4-5,8H2,1-3H3. The number of aromatic nitrogens is 2. The second-order valence-corrected chi connectivity index (χ2v) is 6.66. The van der Waals surface area contributed by atoms with Crippen LogP contribution < -0.4 is 19.1 Å². The van der Waals surface area contributed by atoms with Crippen molar-refractivity contribution in [2.24, 2.45) is 0 Å². The highest BCUT2D eigenvalue weighted by Gasteiger charge is 2.31. The highest BCUT2D eigenvalue weighted by Crippen LogP contribution is 2.42. The van der Waals surface area contributed by atoms with Crippen molar-refractivity contribution < 1.29 is 18.6 Å². The summed E-state index contributed by atoms with van der Waals surface area (Å²) in [5.74, 6) is 2.08. The summed E-state index contributed by atoms with van der Waals surface area (Å²) in [4.78, 5) is 11.0. The van der Waals surface area contributed by atoms with Gasteiger partial charge in [0.2, 0.25) is 0 Å². The second kappa shape index (κ2) is 7.50. The third-order valence-corrected chi connectivity index (χ3v) is 5.21. The van der Waals surface area contributed by atoms with Crippen LogP contribution in [0.25, 0.3) is 10.9 Å². The van der Waals surface area contributed by atoms with Gasteiger partial charge in [-0.1, -0.05) is 0 Å². The Morgan fingerprint density at radius 3 is 2.57 bits per heavy atom. The number of hydrogen-bond donors (Lipinski definition) is 0. The van der Waals surface area contributed by atoms with E-state index in [2.05, 4.69) is 14.9 Å². The van der Waals surface area contributed by atoms with Crippen LogP contribution in [-0.2, 0) is 0 Å². The van der Waals surface area contributed by atoms with E-state index in [1.54, 1.807) is 20.3 Å². The molecule has 0 bridgehead atoms. The highest BCUT2D eigenvalue weighted by atomic mass is 19.1. The van der Waals surface area contributed by atoms with Gasteiger partial charge in [0.1, 0.15) is 23.6 Å². The zero-order valence-electron chi connectivity index (χ0n) is 16.1. The van der Waals surface area contributed by atoms with Gasteiger partial charge in [0.25, 0.3) is 0 Å². The van der Waals surface area contributed by atoms with Crippen LogP contribution in [0, 0.1) is 5.82 Å². The summed E-state index contributed by atoms with van der Waals surface area (Å²) in [5.41, 5.74) is 1.59. The van der Waals surface area contributed by atoms with Crippen molar-refractivity contribution in [1.82, 2.24) is 9.97 Å². The minimum atomic E-state index is -0.438. The number of benzene rings is 2.